The maximum atomic E-state index is 6.21. The van der Waals surface area contributed by atoms with Crippen molar-refractivity contribution in [3.8, 4) is 22.9 Å². The second-order valence-corrected chi connectivity index (χ2v) is 5.78. The lowest BCUT2D eigenvalue weighted by molar-refractivity contribution is 0.172. The van der Waals surface area contributed by atoms with E-state index in [1.807, 2.05) is 6.92 Å². The Labute approximate surface area is 134 Å². The van der Waals surface area contributed by atoms with Crippen LogP contribution in [0.3, 0.4) is 0 Å². The van der Waals surface area contributed by atoms with Crippen LogP contribution in [-0.2, 0) is 0 Å². The van der Waals surface area contributed by atoms with Gasteiger partial charge in [-0.15, -0.1) is 0 Å². The number of aryl methyl sites for hydroxylation is 1. The average Bonchev–Trinajstić information content (AvgIpc) is 2.44. The summed E-state index contributed by atoms with van der Waals surface area (Å²) in [5.74, 6) is 1.65. The Kier molecular flexibility index (Phi) is 3.75. The van der Waals surface area contributed by atoms with Crippen molar-refractivity contribution in [1.29, 1.82) is 0 Å². The zero-order valence-electron chi connectivity index (χ0n) is 10.4. The Morgan fingerprint density at radius 3 is 2.65 bits per heavy atom. The maximum absolute atomic E-state index is 6.21. The van der Waals surface area contributed by atoms with Crippen LogP contribution in [-0.4, -0.2) is 23.2 Å². The topological polar surface area (TPSA) is 44.2 Å². The molecule has 104 valence electrons. The molecule has 2 aromatic rings. The van der Waals surface area contributed by atoms with Gasteiger partial charge in [-0.3, -0.25) is 0 Å². The quantitative estimate of drug-likeness (QED) is 0.697. The van der Waals surface area contributed by atoms with E-state index in [1.165, 1.54) is 0 Å². The third-order valence-corrected chi connectivity index (χ3v) is 4.56. The number of halogens is 3. The van der Waals surface area contributed by atoms with Gasteiger partial charge in [0.05, 0.1) is 15.2 Å². The minimum absolute atomic E-state index is 0.360. The van der Waals surface area contributed by atoms with Crippen molar-refractivity contribution in [3.05, 3.63) is 32.5 Å². The van der Waals surface area contributed by atoms with E-state index in [1.54, 1.807) is 12.1 Å². The summed E-state index contributed by atoms with van der Waals surface area (Å²) in [6.07, 6.45) is 0. The number of ether oxygens (including phenoxy) is 2. The molecule has 0 spiro atoms. The molecule has 1 aromatic carbocycles. The molecule has 0 unspecified atom stereocenters. The summed E-state index contributed by atoms with van der Waals surface area (Å²) in [6.45, 7) is 2.83. The van der Waals surface area contributed by atoms with Gasteiger partial charge in [0, 0.05) is 5.56 Å². The first-order chi connectivity index (χ1) is 9.56. The van der Waals surface area contributed by atoms with Gasteiger partial charge in [0.25, 0.3) is 0 Å². The van der Waals surface area contributed by atoms with Crippen molar-refractivity contribution in [1.82, 2.24) is 9.97 Å². The SMILES string of the molecule is Cc1nc(-c2cc(Cl)c3c(c2)OCCO3)nc(Cl)c1Br. The van der Waals surface area contributed by atoms with E-state index in [9.17, 15) is 0 Å². The summed E-state index contributed by atoms with van der Waals surface area (Å²) in [4.78, 5) is 8.64. The molecule has 0 fully saturated rings. The second kappa shape index (κ2) is 5.39. The fraction of sp³-hybridized carbons (Fsp3) is 0.231. The molecule has 0 aliphatic carbocycles. The Morgan fingerprint density at radius 1 is 1.15 bits per heavy atom. The van der Waals surface area contributed by atoms with Crippen molar-refractivity contribution in [2.24, 2.45) is 0 Å². The molecule has 1 aliphatic rings. The van der Waals surface area contributed by atoms with Gasteiger partial charge in [-0.1, -0.05) is 23.2 Å². The van der Waals surface area contributed by atoms with Crippen LogP contribution >= 0.6 is 39.1 Å². The zero-order valence-corrected chi connectivity index (χ0v) is 13.5. The fourth-order valence-corrected chi connectivity index (χ4v) is 2.55. The molecular weight excluding hydrogens is 367 g/mol. The number of hydrogen-bond acceptors (Lipinski definition) is 4. The summed E-state index contributed by atoms with van der Waals surface area (Å²) in [7, 11) is 0. The molecule has 0 radical (unpaired) electrons. The van der Waals surface area contributed by atoms with E-state index >= 15 is 0 Å². The molecule has 0 N–H and O–H groups in total. The third-order valence-electron chi connectivity index (χ3n) is 2.83. The largest absolute Gasteiger partial charge is 0.486 e. The average molecular weight is 376 g/mol. The first-order valence-electron chi connectivity index (χ1n) is 5.85. The lowest BCUT2D eigenvalue weighted by atomic mass is 10.1. The van der Waals surface area contributed by atoms with Crippen molar-refractivity contribution >= 4 is 39.1 Å². The second-order valence-electron chi connectivity index (χ2n) is 4.22. The molecule has 2 heterocycles. The first-order valence-corrected chi connectivity index (χ1v) is 7.40. The van der Waals surface area contributed by atoms with E-state index in [4.69, 9.17) is 32.7 Å². The van der Waals surface area contributed by atoms with Crippen LogP contribution in [0.5, 0.6) is 11.5 Å². The van der Waals surface area contributed by atoms with Crippen LogP contribution < -0.4 is 9.47 Å². The van der Waals surface area contributed by atoms with Crippen LogP contribution in [0.4, 0.5) is 0 Å². The van der Waals surface area contributed by atoms with Crippen molar-refractivity contribution in [2.75, 3.05) is 13.2 Å². The highest BCUT2D eigenvalue weighted by Gasteiger charge is 2.19. The van der Waals surface area contributed by atoms with E-state index in [2.05, 4.69) is 25.9 Å². The van der Waals surface area contributed by atoms with Gasteiger partial charge in [0.1, 0.15) is 18.4 Å². The maximum Gasteiger partial charge on any atom is 0.179 e. The van der Waals surface area contributed by atoms with Gasteiger partial charge in [-0.2, -0.15) is 0 Å². The highest BCUT2D eigenvalue weighted by molar-refractivity contribution is 9.10. The number of fused-ring (bicyclic) bond motifs is 1. The monoisotopic (exact) mass is 374 g/mol. The summed E-state index contributed by atoms with van der Waals surface area (Å²) in [5.41, 5.74) is 1.49. The molecule has 0 atom stereocenters. The molecule has 1 aromatic heterocycles. The summed E-state index contributed by atoms with van der Waals surface area (Å²) >= 11 is 15.6. The summed E-state index contributed by atoms with van der Waals surface area (Å²) < 4.78 is 11.7. The Bertz CT molecular complexity index is 671. The molecule has 0 saturated heterocycles. The van der Waals surface area contributed by atoms with Crippen LogP contribution in [0.2, 0.25) is 10.2 Å². The lowest BCUT2D eigenvalue weighted by Crippen LogP contribution is -2.15. The Balaban J connectivity index is 2.13. The molecule has 0 saturated carbocycles. The van der Waals surface area contributed by atoms with Gasteiger partial charge in [-0.25, -0.2) is 9.97 Å². The zero-order chi connectivity index (χ0) is 14.3. The highest BCUT2D eigenvalue weighted by Crippen LogP contribution is 2.40. The number of rotatable bonds is 1. The van der Waals surface area contributed by atoms with Gasteiger partial charge < -0.3 is 9.47 Å². The fourth-order valence-electron chi connectivity index (χ4n) is 1.89. The minimum atomic E-state index is 0.360. The Morgan fingerprint density at radius 2 is 1.90 bits per heavy atom. The van der Waals surface area contributed by atoms with Crippen LogP contribution in [0.15, 0.2) is 16.6 Å². The standard InChI is InChI=1S/C13H9BrCl2N2O2/c1-6-10(14)12(16)18-13(17-6)7-4-8(15)11-9(5-7)19-2-3-20-11/h4-5H,2-3H2,1H3. The molecule has 0 amide bonds. The van der Waals surface area contributed by atoms with Gasteiger partial charge >= 0.3 is 0 Å². The molecule has 20 heavy (non-hydrogen) atoms. The van der Waals surface area contributed by atoms with Gasteiger partial charge in [-0.05, 0) is 35.0 Å². The molecular formula is C13H9BrCl2N2O2. The number of nitrogens with zero attached hydrogens (tertiary/aromatic N) is 2. The lowest BCUT2D eigenvalue weighted by Gasteiger charge is -2.20. The number of hydrogen-bond donors (Lipinski definition) is 0. The van der Waals surface area contributed by atoms with Crippen molar-refractivity contribution in [2.45, 2.75) is 6.92 Å². The Hall–Kier alpha value is -1.04. The number of benzene rings is 1. The summed E-state index contributed by atoms with van der Waals surface area (Å²) in [6, 6.07) is 3.55. The van der Waals surface area contributed by atoms with E-state index in [0.717, 1.165) is 11.3 Å². The molecule has 0 bridgehead atoms. The van der Waals surface area contributed by atoms with Crippen molar-refractivity contribution in [3.63, 3.8) is 0 Å². The highest BCUT2D eigenvalue weighted by atomic mass is 79.9. The molecule has 7 heteroatoms. The van der Waals surface area contributed by atoms with E-state index in [0.29, 0.717) is 45.2 Å². The molecule has 4 nitrogen and oxygen atoms in total. The van der Waals surface area contributed by atoms with Crippen molar-refractivity contribution < 1.29 is 9.47 Å². The van der Waals surface area contributed by atoms with E-state index in [-0.39, 0.29) is 0 Å². The van der Waals surface area contributed by atoms with Crippen LogP contribution in [0, 0.1) is 6.92 Å². The predicted molar refractivity (Wildman–Crippen MR) is 80.9 cm³/mol. The predicted octanol–water partition coefficient (Wildman–Crippen LogP) is 4.29. The third kappa shape index (κ3) is 2.45. The smallest absolute Gasteiger partial charge is 0.179 e. The van der Waals surface area contributed by atoms with Gasteiger partial charge in [0.2, 0.25) is 0 Å². The number of aromatic nitrogens is 2. The van der Waals surface area contributed by atoms with Gasteiger partial charge in [0.15, 0.2) is 17.3 Å². The first kappa shape index (κ1) is 13.9. The summed E-state index contributed by atoms with van der Waals surface area (Å²) in [5, 5.41) is 0.830. The minimum Gasteiger partial charge on any atom is -0.486 e. The van der Waals surface area contributed by atoms with E-state index < -0.39 is 0 Å². The van der Waals surface area contributed by atoms with Crippen LogP contribution in [0.1, 0.15) is 5.69 Å². The normalized spacial score (nSPS) is 13.4. The van der Waals surface area contributed by atoms with Crippen LogP contribution in [0.25, 0.3) is 11.4 Å². The molecule has 1 aliphatic heterocycles. The molecule has 3 rings (SSSR count).